The zero-order chi connectivity index (χ0) is 40.8. The average molecular weight is 792 g/mol. The standard InChI is InChI=1S/C51H101NO4/c1-3-5-7-9-11-13-15-17-19-20-21-22-23-24-25-26-27-28-29-30-32-34-36-38-40-42-44-46-50(55)52-48(47-53)51(56)49(54)45-43-41-39-37-35-33-31-18-16-14-12-10-8-6-4-2/h24-25,48-49,51,53-54,56H,3-23,26-47H2,1-2H3,(H,52,55)/b25-24-. The summed E-state index contributed by atoms with van der Waals surface area (Å²) in [5.74, 6) is -0.141. The van der Waals surface area contributed by atoms with Gasteiger partial charge in [-0.3, -0.25) is 4.79 Å². The molecule has 0 bridgehead atoms. The van der Waals surface area contributed by atoms with E-state index in [9.17, 15) is 20.1 Å². The number of unbranched alkanes of at least 4 members (excludes halogenated alkanes) is 37. The van der Waals surface area contributed by atoms with Gasteiger partial charge in [0.2, 0.25) is 5.91 Å². The van der Waals surface area contributed by atoms with Crippen LogP contribution in [0.3, 0.4) is 0 Å². The predicted octanol–water partition coefficient (Wildman–Crippen LogP) is 15.2. The lowest BCUT2D eigenvalue weighted by Crippen LogP contribution is -2.50. The van der Waals surface area contributed by atoms with Gasteiger partial charge in [0.05, 0.1) is 18.8 Å². The van der Waals surface area contributed by atoms with Gasteiger partial charge in [-0.2, -0.15) is 0 Å². The number of hydrogen-bond acceptors (Lipinski definition) is 4. The van der Waals surface area contributed by atoms with Crippen LogP contribution in [0.5, 0.6) is 0 Å². The van der Waals surface area contributed by atoms with E-state index in [0.29, 0.717) is 12.8 Å². The van der Waals surface area contributed by atoms with Crippen molar-refractivity contribution >= 4 is 5.91 Å². The van der Waals surface area contributed by atoms with Crippen LogP contribution in [0.4, 0.5) is 0 Å². The Hall–Kier alpha value is -0.910. The van der Waals surface area contributed by atoms with Crippen LogP contribution in [0.2, 0.25) is 0 Å². The molecule has 5 heteroatoms. The molecule has 3 unspecified atom stereocenters. The first-order chi connectivity index (χ1) is 27.6. The smallest absolute Gasteiger partial charge is 0.220 e. The van der Waals surface area contributed by atoms with Gasteiger partial charge in [-0.1, -0.05) is 251 Å². The fraction of sp³-hybridized carbons (Fsp3) is 0.941. The van der Waals surface area contributed by atoms with Crippen LogP contribution in [0.15, 0.2) is 12.2 Å². The van der Waals surface area contributed by atoms with Crippen LogP contribution in [-0.4, -0.2) is 46.1 Å². The third-order valence-corrected chi connectivity index (χ3v) is 12.1. The number of rotatable bonds is 47. The largest absolute Gasteiger partial charge is 0.394 e. The van der Waals surface area contributed by atoms with E-state index in [4.69, 9.17) is 0 Å². The van der Waals surface area contributed by atoms with E-state index in [-0.39, 0.29) is 12.5 Å². The summed E-state index contributed by atoms with van der Waals surface area (Å²) in [4.78, 5) is 12.5. The fourth-order valence-corrected chi connectivity index (χ4v) is 8.16. The van der Waals surface area contributed by atoms with Crippen molar-refractivity contribution in [2.24, 2.45) is 0 Å². The number of aliphatic hydroxyl groups excluding tert-OH is 3. The third-order valence-electron chi connectivity index (χ3n) is 12.1. The molecule has 4 N–H and O–H groups in total. The van der Waals surface area contributed by atoms with E-state index in [1.807, 2.05) is 0 Å². The maximum atomic E-state index is 12.5. The summed E-state index contributed by atoms with van der Waals surface area (Å²) in [6.07, 6.45) is 56.3. The van der Waals surface area contributed by atoms with Crippen molar-refractivity contribution in [3.05, 3.63) is 12.2 Å². The Balaban J connectivity index is 3.53. The van der Waals surface area contributed by atoms with Crippen molar-refractivity contribution in [3.8, 4) is 0 Å². The molecular formula is C51H101NO4. The molecule has 0 aliphatic rings. The second-order valence-electron chi connectivity index (χ2n) is 17.7. The number of carbonyl (C=O) groups excluding carboxylic acids is 1. The minimum Gasteiger partial charge on any atom is -0.394 e. The molecule has 5 nitrogen and oxygen atoms in total. The molecule has 0 rings (SSSR count). The molecule has 0 aliphatic heterocycles. The van der Waals surface area contributed by atoms with E-state index in [1.54, 1.807) is 0 Å². The topological polar surface area (TPSA) is 89.8 Å². The summed E-state index contributed by atoms with van der Waals surface area (Å²) in [5.41, 5.74) is 0. The summed E-state index contributed by atoms with van der Waals surface area (Å²) in [6.45, 7) is 4.20. The fourth-order valence-electron chi connectivity index (χ4n) is 8.16. The maximum absolute atomic E-state index is 12.5. The van der Waals surface area contributed by atoms with Crippen molar-refractivity contribution in [2.75, 3.05) is 6.61 Å². The van der Waals surface area contributed by atoms with Crippen LogP contribution in [0.1, 0.15) is 284 Å². The van der Waals surface area contributed by atoms with Gasteiger partial charge in [-0.25, -0.2) is 0 Å². The van der Waals surface area contributed by atoms with Crippen molar-refractivity contribution in [1.29, 1.82) is 0 Å². The summed E-state index contributed by atoms with van der Waals surface area (Å²) in [7, 11) is 0. The highest BCUT2D eigenvalue weighted by Crippen LogP contribution is 2.17. The van der Waals surface area contributed by atoms with Gasteiger partial charge in [0, 0.05) is 6.42 Å². The van der Waals surface area contributed by atoms with Gasteiger partial charge in [-0.05, 0) is 38.5 Å². The van der Waals surface area contributed by atoms with Crippen molar-refractivity contribution in [1.82, 2.24) is 5.32 Å². The maximum Gasteiger partial charge on any atom is 0.220 e. The minimum absolute atomic E-state index is 0.141. The zero-order valence-corrected chi connectivity index (χ0v) is 38.0. The number of allylic oxidation sites excluding steroid dienone is 2. The molecule has 0 saturated carbocycles. The molecule has 0 fully saturated rings. The van der Waals surface area contributed by atoms with Crippen molar-refractivity contribution in [3.63, 3.8) is 0 Å². The Morgan fingerprint density at radius 2 is 0.714 bits per heavy atom. The highest BCUT2D eigenvalue weighted by Gasteiger charge is 2.26. The van der Waals surface area contributed by atoms with Gasteiger partial charge in [0.25, 0.3) is 0 Å². The van der Waals surface area contributed by atoms with Crippen molar-refractivity contribution < 1.29 is 20.1 Å². The van der Waals surface area contributed by atoms with Crippen LogP contribution in [-0.2, 0) is 4.79 Å². The first-order valence-electron chi connectivity index (χ1n) is 25.5. The van der Waals surface area contributed by atoms with Gasteiger partial charge < -0.3 is 20.6 Å². The average Bonchev–Trinajstić information content (AvgIpc) is 3.20. The highest BCUT2D eigenvalue weighted by atomic mass is 16.3. The summed E-state index contributed by atoms with van der Waals surface area (Å²) < 4.78 is 0. The first-order valence-corrected chi connectivity index (χ1v) is 25.5. The van der Waals surface area contributed by atoms with E-state index < -0.39 is 18.2 Å². The lowest BCUT2D eigenvalue weighted by molar-refractivity contribution is -0.124. The number of hydrogen-bond donors (Lipinski definition) is 4. The molecule has 0 aliphatic carbocycles. The quantitative estimate of drug-likeness (QED) is 0.0365. The molecule has 0 heterocycles. The predicted molar refractivity (Wildman–Crippen MR) is 245 cm³/mol. The number of amides is 1. The lowest BCUT2D eigenvalue weighted by atomic mass is 9.99. The molecule has 56 heavy (non-hydrogen) atoms. The van der Waals surface area contributed by atoms with E-state index in [1.165, 1.54) is 218 Å². The van der Waals surface area contributed by atoms with Gasteiger partial charge in [0.1, 0.15) is 6.10 Å². The Morgan fingerprint density at radius 3 is 1.04 bits per heavy atom. The van der Waals surface area contributed by atoms with Gasteiger partial charge in [0.15, 0.2) is 0 Å². The summed E-state index contributed by atoms with van der Waals surface area (Å²) >= 11 is 0. The van der Waals surface area contributed by atoms with E-state index >= 15 is 0 Å². The molecule has 1 amide bonds. The second-order valence-corrected chi connectivity index (χ2v) is 17.7. The molecule has 0 aromatic heterocycles. The van der Waals surface area contributed by atoms with E-state index in [0.717, 1.165) is 38.5 Å². The van der Waals surface area contributed by atoms with Crippen LogP contribution < -0.4 is 5.32 Å². The van der Waals surface area contributed by atoms with E-state index in [2.05, 4.69) is 31.3 Å². The number of carbonyl (C=O) groups is 1. The minimum atomic E-state index is -1.13. The number of aliphatic hydroxyl groups is 3. The first kappa shape index (κ1) is 55.1. The van der Waals surface area contributed by atoms with Crippen molar-refractivity contribution in [2.45, 2.75) is 302 Å². The number of nitrogens with one attached hydrogen (secondary N) is 1. The Kier molecular flexibility index (Phi) is 46.0. The highest BCUT2D eigenvalue weighted by molar-refractivity contribution is 5.76. The Morgan fingerprint density at radius 1 is 0.429 bits per heavy atom. The molecule has 0 spiro atoms. The third kappa shape index (κ3) is 41.3. The molecule has 0 aromatic carbocycles. The molecule has 0 saturated heterocycles. The molecule has 0 aromatic rings. The SMILES string of the molecule is CCCCCCCCCCCCCC/C=C\CCCCCCCCCCCCCC(=O)NC(CO)C(O)C(O)CCCCCCCCCCCCCCCCC. The lowest BCUT2D eigenvalue weighted by Gasteiger charge is -2.26. The Bertz CT molecular complexity index is 788. The molecule has 334 valence electrons. The summed E-state index contributed by atoms with van der Waals surface area (Å²) in [6, 6.07) is -0.806. The van der Waals surface area contributed by atoms with Crippen LogP contribution in [0, 0.1) is 0 Å². The second kappa shape index (κ2) is 46.8. The van der Waals surface area contributed by atoms with Crippen LogP contribution in [0.25, 0.3) is 0 Å². The Labute approximate surface area is 350 Å². The monoisotopic (exact) mass is 792 g/mol. The van der Waals surface area contributed by atoms with Gasteiger partial charge in [-0.15, -0.1) is 0 Å². The van der Waals surface area contributed by atoms with Gasteiger partial charge >= 0.3 is 0 Å². The molecule has 0 radical (unpaired) electrons. The molecule has 3 atom stereocenters. The normalized spacial score (nSPS) is 13.4. The molecular weight excluding hydrogens is 691 g/mol. The van der Waals surface area contributed by atoms with Crippen LogP contribution >= 0.6 is 0 Å². The zero-order valence-electron chi connectivity index (χ0n) is 38.0. The summed E-state index contributed by atoms with van der Waals surface area (Å²) in [5, 5.41) is 33.6.